The smallest absolute Gasteiger partial charge is 0.0738 e. The number of nitrogens with two attached hydrogens (primary N) is 1. The zero-order valence-corrected chi connectivity index (χ0v) is 13.9. The summed E-state index contributed by atoms with van der Waals surface area (Å²) >= 11 is 3.61. The normalized spacial score (nSPS) is 32.8. The largest absolute Gasteiger partial charge is 0.375 e. The molecule has 0 aliphatic carbocycles. The highest BCUT2D eigenvalue weighted by Gasteiger charge is 2.40. The van der Waals surface area contributed by atoms with Gasteiger partial charge in [0.25, 0.3) is 0 Å². The molecule has 1 saturated heterocycles. The monoisotopic (exact) mass is 329 g/mol. The first kappa shape index (κ1) is 15.0. The van der Waals surface area contributed by atoms with E-state index in [-0.39, 0.29) is 12.1 Å². The molecular weight excluding hydrogens is 306 g/mol. The predicted molar refractivity (Wildman–Crippen MR) is 80.0 cm³/mol. The summed E-state index contributed by atoms with van der Waals surface area (Å²) in [6, 6.07) is 0.0982. The molecule has 2 heterocycles. The Labute approximate surface area is 123 Å². The highest BCUT2D eigenvalue weighted by atomic mass is 79.9. The maximum Gasteiger partial charge on any atom is 0.0738 e. The van der Waals surface area contributed by atoms with Crippen molar-refractivity contribution in [2.45, 2.75) is 52.4 Å². The van der Waals surface area contributed by atoms with Gasteiger partial charge in [-0.2, -0.15) is 5.10 Å². The lowest BCUT2D eigenvalue weighted by molar-refractivity contribution is 0.0489. The fourth-order valence-electron chi connectivity index (χ4n) is 3.29. The standard InChI is InChI=1S/C14H24BrN3O/c1-7-9(3)19-10(4)13(7)11(16)6-12-14(15)8(2)17-18(12)5/h7,9-11,13H,6,16H2,1-5H3. The minimum Gasteiger partial charge on any atom is -0.375 e. The molecule has 1 aromatic rings. The van der Waals surface area contributed by atoms with Gasteiger partial charge >= 0.3 is 0 Å². The van der Waals surface area contributed by atoms with Crippen molar-refractivity contribution in [3.63, 3.8) is 0 Å². The first-order chi connectivity index (χ1) is 8.82. The third-order valence-electron chi connectivity index (χ3n) is 4.50. The molecule has 1 aliphatic heterocycles. The topological polar surface area (TPSA) is 53.1 Å². The Bertz CT molecular complexity index is 460. The predicted octanol–water partition coefficient (Wildman–Crippen LogP) is 2.42. The third kappa shape index (κ3) is 2.73. The molecule has 2 rings (SSSR count). The van der Waals surface area contributed by atoms with Gasteiger partial charge in [-0.15, -0.1) is 0 Å². The van der Waals surface area contributed by atoms with Gasteiger partial charge in [-0.05, 0) is 42.6 Å². The molecule has 1 aromatic heterocycles. The van der Waals surface area contributed by atoms with Gasteiger partial charge in [0.15, 0.2) is 0 Å². The highest BCUT2D eigenvalue weighted by molar-refractivity contribution is 9.10. The van der Waals surface area contributed by atoms with Gasteiger partial charge in [-0.1, -0.05) is 6.92 Å². The van der Waals surface area contributed by atoms with Gasteiger partial charge in [-0.25, -0.2) is 0 Å². The Morgan fingerprint density at radius 3 is 2.42 bits per heavy atom. The summed E-state index contributed by atoms with van der Waals surface area (Å²) in [7, 11) is 1.97. The van der Waals surface area contributed by atoms with Crippen LogP contribution >= 0.6 is 15.9 Å². The number of hydrogen-bond acceptors (Lipinski definition) is 3. The van der Waals surface area contributed by atoms with Gasteiger partial charge < -0.3 is 10.5 Å². The first-order valence-corrected chi connectivity index (χ1v) is 7.71. The Kier molecular flexibility index (Phi) is 4.38. The number of aromatic nitrogens is 2. The van der Waals surface area contributed by atoms with Crippen molar-refractivity contribution in [2.75, 3.05) is 0 Å². The first-order valence-electron chi connectivity index (χ1n) is 6.92. The molecule has 0 amide bonds. The zero-order valence-electron chi connectivity index (χ0n) is 12.4. The van der Waals surface area contributed by atoms with Crippen molar-refractivity contribution >= 4 is 15.9 Å². The van der Waals surface area contributed by atoms with Crippen molar-refractivity contribution in [3.05, 3.63) is 15.9 Å². The molecular formula is C14H24BrN3O. The maximum absolute atomic E-state index is 6.46. The van der Waals surface area contributed by atoms with E-state index in [0.29, 0.717) is 17.9 Å². The minimum absolute atomic E-state index is 0.0982. The Hall–Kier alpha value is -0.390. The van der Waals surface area contributed by atoms with E-state index in [2.05, 4.69) is 41.8 Å². The summed E-state index contributed by atoms with van der Waals surface area (Å²) < 4.78 is 8.90. The lowest BCUT2D eigenvalue weighted by Crippen LogP contribution is -2.39. The number of rotatable bonds is 3. The molecule has 0 spiro atoms. The van der Waals surface area contributed by atoms with Crippen LogP contribution < -0.4 is 5.73 Å². The van der Waals surface area contributed by atoms with E-state index in [4.69, 9.17) is 10.5 Å². The molecule has 0 saturated carbocycles. The van der Waals surface area contributed by atoms with Crippen LogP contribution in [0.1, 0.15) is 32.2 Å². The van der Waals surface area contributed by atoms with Crippen molar-refractivity contribution in [2.24, 2.45) is 24.6 Å². The van der Waals surface area contributed by atoms with Gasteiger partial charge in [0.1, 0.15) is 0 Å². The number of nitrogens with zero attached hydrogens (tertiary/aromatic N) is 2. The molecule has 1 fully saturated rings. The molecule has 1 aliphatic rings. The van der Waals surface area contributed by atoms with Crippen LogP contribution in [0.3, 0.4) is 0 Å². The SMILES string of the molecule is Cc1nn(C)c(CC(N)C2C(C)OC(C)C2C)c1Br. The van der Waals surface area contributed by atoms with Gasteiger partial charge in [0, 0.05) is 25.4 Å². The van der Waals surface area contributed by atoms with E-state index in [9.17, 15) is 0 Å². The minimum atomic E-state index is 0.0982. The second-order valence-electron chi connectivity index (χ2n) is 5.82. The van der Waals surface area contributed by atoms with Crippen molar-refractivity contribution in [1.82, 2.24) is 9.78 Å². The van der Waals surface area contributed by atoms with E-state index in [1.54, 1.807) is 0 Å². The molecule has 5 atom stereocenters. The second-order valence-corrected chi connectivity index (χ2v) is 6.61. The lowest BCUT2D eigenvalue weighted by Gasteiger charge is -2.25. The van der Waals surface area contributed by atoms with Crippen molar-refractivity contribution in [1.29, 1.82) is 0 Å². The summed E-state index contributed by atoms with van der Waals surface area (Å²) in [5, 5.41) is 4.43. The van der Waals surface area contributed by atoms with Crippen LogP contribution in [-0.4, -0.2) is 28.0 Å². The molecule has 0 bridgehead atoms. The molecule has 19 heavy (non-hydrogen) atoms. The summed E-state index contributed by atoms with van der Waals surface area (Å²) in [6.45, 7) is 8.51. The van der Waals surface area contributed by atoms with E-state index in [1.165, 1.54) is 5.69 Å². The Morgan fingerprint density at radius 2 is 2.00 bits per heavy atom. The summed E-state index contributed by atoms with van der Waals surface area (Å²) in [4.78, 5) is 0. The number of halogens is 1. The molecule has 4 nitrogen and oxygen atoms in total. The van der Waals surface area contributed by atoms with Crippen molar-refractivity contribution < 1.29 is 4.74 Å². The van der Waals surface area contributed by atoms with Crippen LogP contribution in [0.15, 0.2) is 4.47 Å². The van der Waals surface area contributed by atoms with Crippen LogP contribution in [0, 0.1) is 18.8 Å². The summed E-state index contributed by atoms with van der Waals surface area (Å²) in [5.74, 6) is 0.898. The lowest BCUT2D eigenvalue weighted by atomic mass is 9.82. The molecule has 2 N–H and O–H groups in total. The molecule has 5 unspecified atom stereocenters. The molecule has 108 valence electrons. The van der Waals surface area contributed by atoms with Crippen molar-refractivity contribution in [3.8, 4) is 0 Å². The van der Waals surface area contributed by atoms with E-state index >= 15 is 0 Å². The van der Waals surface area contributed by atoms with Crippen LogP contribution in [-0.2, 0) is 18.2 Å². The van der Waals surface area contributed by atoms with Crippen LogP contribution in [0.25, 0.3) is 0 Å². The summed E-state index contributed by atoms with van der Waals surface area (Å²) in [5.41, 5.74) is 8.65. The van der Waals surface area contributed by atoms with E-state index in [1.807, 2.05) is 18.7 Å². The van der Waals surface area contributed by atoms with Crippen LogP contribution in [0.4, 0.5) is 0 Å². The summed E-state index contributed by atoms with van der Waals surface area (Å²) in [6.07, 6.45) is 1.35. The van der Waals surface area contributed by atoms with Gasteiger partial charge in [0.2, 0.25) is 0 Å². The Balaban J connectivity index is 2.15. The average Bonchev–Trinajstić information content (AvgIpc) is 2.70. The quantitative estimate of drug-likeness (QED) is 0.926. The maximum atomic E-state index is 6.46. The van der Waals surface area contributed by atoms with E-state index < -0.39 is 0 Å². The molecule has 5 heteroatoms. The fourth-order valence-corrected chi connectivity index (χ4v) is 3.79. The van der Waals surface area contributed by atoms with Gasteiger partial charge in [-0.3, -0.25) is 4.68 Å². The third-order valence-corrected chi connectivity index (χ3v) is 5.54. The average molecular weight is 330 g/mol. The highest BCUT2D eigenvalue weighted by Crippen LogP contribution is 2.35. The Morgan fingerprint density at radius 1 is 1.37 bits per heavy atom. The number of ether oxygens (including phenoxy) is 1. The molecule has 0 aromatic carbocycles. The second kappa shape index (κ2) is 5.54. The zero-order chi connectivity index (χ0) is 14.3. The number of aryl methyl sites for hydroxylation is 2. The van der Waals surface area contributed by atoms with E-state index in [0.717, 1.165) is 16.6 Å². The molecule has 0 radical (unpaired) electrons. The number of hydrogen-bond donors (Lipinski definition) is 1. The fraction of sp³-hybridized carbons (Fsp3) is 0.786. The van der Waals surface area contributed by atoms with Gasteiger partial charge in [0.05, 0.1) is 28.1 Å². The van der Waals surface area contributed by atoms with Crippen LogP contribution in [0.2, 0.25) is 0 Å². The van der Waals surface area contributed by atoms with Crippen LogP contribution in [0.5, 0.6) is 0 Å².